The monoisotopic (exact) mass is 678 g/mol. The third kappa shape index (κ3) is 11.4. The lowest BCUT2D eigenvalue weighted by Gasteiger charge is -2.43. The molecule has 2 fully saturated rings. The molecule has 7 nitrogen and oxygen atoms in total. The largest absolute Gasteiger partial charge is 0.487 e. The van der Waals surface area contributed by atoms with Gasteiger partial charge in [-0.2, -0.15) is 0 Å². The molecule has 264 valence electrons. The number of allylic oxidation sites excluding steroid dienone is 1. The van der Waals surface area contributed by atoms with Crippen molar-refractivity contribution in [3.05, 3.63) is 155 Å². The molecule has 7 heteroatoms. The van der Waals surface area contributed by atoms with Crippen molar-refractivity contribution in [1.29, 1.82) is 0 Å². The summed E-state index contributed by atoms with van der Waals surface area (Å²) < 4.78 is 45.3. The Labute approximate surface area is 297 Å². The van der Waals surface area contributed by atoms with Gasteiger partial charge in [-0.05, 0) is 60.4 Å². The molecule has 6 rings (SSSR count). The minimum Gasteiger partial charge on any atom is -0.487 e. The maximum absolute atomic E-state index is 6.85. The van der Waals surface area contributed by atoms with E-state index in [-0.39, 0.29) is 6.29 Å². The second-order valence-corrected chi connectivity index (χ2v) is 12.8. The van der Waals surface area contributed by atoms with Crippen LogP contribution in [-0.4, -0.2) is 50.5 Å². The van der Waals surface area contributed by atoms with Gasteiger partial charge in [0.05, 0.1) is 39.6 Å². The topological polar surface area (TPSA) is 64.6 Å². The summed E-state index contributed by atoms with van der Waals surface area (Å²) in [6.45, 7) is 3.39. The van der Waals surface area contributed by atoms with E-state index in [1.807, 2.05) is 72.8 Å². The van der Waals surface area contributed by atoms with Crippen molar-refractivity contribution >= 4 is 0 Å². The highest BCUT2D eigenvalue weighted by Gasteiger charge is 2.46. The lowest BCUT2D eigenvalue weighted by atomic mass is 9.96. The maximum atomic E-state index is 6.85. The minimum atomic E-state index is -0.507. The highest BCUT2D eigenvalue weighted by Crippen LogP contribution is 2.33. The summed E-state index contributed by atoms with van der Waals surface area (Å²) in [6, 6.07) is 40.8. The molecule has 0 N–H and O–H groups in total. The van der Waals surface area contributed by atoms with Crippen LogP contribution in [0.15, 0.2) is 133 Å². The Balaban J connectivity index is 1.25. The van der Waals surface area contributed by atoms with Crippen LogP contribution in [0, 0.1) is 0 Å². The van der Waals surface area contributed by atoms with Gasteiger partial charge in [0.25, 0.3) is 0 Å². The van der Waals surface area contributed by atoms with E-state index >= 15 is 0 Å². The van der Waals surface area contributed by atoms with Gasteiger partial charge in [0, 0.05) is 6.61 Å². The molecule has 0 aliphatic carbocycles. The van der Waals surface area contributed by atoms with Gasteiger partial charge in [-0.15, -0.1) is 0 Å². The zero-order chi connectivity index (χ0) is 34.1. The first-order chi connectivity index (χ1) is 24.8. The van der Waals surface area contributed by atoms with E-state index in [1.54, 1.807) is 0 Å². The summed E-state index contributed by atoms with van der Waals surface area (Å²) in [6.07, 6.45) is 4.94. The fourth-order valence-corrected chi connectivity index (χ4v) is 6.25. The van der Waals surface area contributed by atoms with Gasteiger partial charge >= 0.3 is 0 Å². The fraction of sp³-hybridized carbons (Fsp3) is 0.395. The van der Waals surface area contributed by atoms with Crippen LogP contribution < -0.4 is 0 Å². The molecule has 0 aromatic heterocycles. The fourth-order valence-electron chi connectivity index (χ4n) is 6.25. The molecular formula is C43H50O7. The Morgan fingerprint density at radius 2 is 1.12 bits per heavy atom. The number of benzene rings is 4. The van der Waals surface area contributed by atoms with Gasteiger partial charge in [-0.3, -0.25) is 0 Å². The predicted molar refractivity (Wildman–Crippen MR) is 193 cm³/mol. The van der Waals surface area contributed by atoms with E-state index in [4.69, 9.17) is 33.2 Å². The Hall–Kier alpha value is -3.82. The number of ether oxygens (including phenoxy) is 7. The first-order valence-corrected chi connectivity index (χ1v) is 18.0. The van der Waals surface area contributed by atoms with Gasteiger partial charge in [0.15, 0.2) is 12.4 Å². The molecule has 0 spiro atoms. The Morgan fingerprint density at radius 1 is 0.580 bits per heavy atom. The summed E-state index contributed by atoms with van der Waals surface area (Å²) in [4.78, 5) is 0. The Kier molecular flexibility index (Phi) is 14.5. The summed E-state index contributed by atoms with van der Waals surface area (Å²) in [7, 11) is 0. The lowest BCUT2D eigenvalue weighted by molar-refractivity contribution is -0.223. The molecule has 4 aromatic rings. The molecule has 0 saturated carbocycles. The standard InChI is InChI=1S/C43H50O7/c1-5-17-34(18-6-1)29-44-33-39-42(48-31-36-21-9-3-10-22-36)43(49-32-37-23-11-4-12-24-37)41(47-30-35-19-7-2-8-20-35)38(50-39)25-13-15-27-45-40-26-14-16-28-46-40/h1-12,17-25,39-43H,13-16,26-33H2/t39?,40?,41?,42-,43?/m1/s1. The average molecular weight is 679 g/mol. The summed E-state index contributed by atoms with van der Waals surface area (Å²) >= 11 is 0. The first-order valence-electron chi connectivity index (χ1n) is 18.0. The molecule has 2 saturated heterocycles. The molecule has 0 radical (unpaired) electrons. The third-order valence-corrected chi connectivity index (χ3v) is 8.93. The van der Waals surface area contributed by atoms with Crippen molar-refractivity contribution in [2.24, 2.45) is 0 Å². The second kappa shape index (κ2) is 20.1. The summed E-state index contributed by atoms with van der Waals surface area (Å²) in [5.74, 6) is 0.737. The second-order valence-electron chi connectivity index (χ2n) is 12.8. The zero-order valence-electron chi connectivity index (χ0n) is 28.9. The van der Waals surface area contributed by atoms with Gasteiger partial charge in [0.2, 0.25) is 0 Å². The van der Waals surface area contributed by atoms with Gasteiger partial charge in [0.1, 0.15) is 24.1 Å². The van der Waals surface area contributed by atoms with Crippen LogP contribution in [0.3, 0.4) is 0 Å². The van der Waals surface area contributed by atoms with Crippen LogP contribution in [-0.2, 0) is 59.6 Å². The SMILES string of the molecule is C(CCCOC1CCCCO1)=C1OC(COCc2ccccc2)[C@@H](OCc2ccccc2)C(OCc2ccccc2)C1OCc1ccccc1. The molecule has 2 aliphatic rings. The molecule has 4 unspecified atom stereocenters. The molecule has 5 atom stereocenters. The smallest absolute Gasteiger partial charge is 0.157 e. The molecule has 4 aromatic carbocycles. The van der Waals surface area contributed by atoms with Crippen molar-refractivity contribution in [1.82, 2.24) is 0 Å². The van der Waals surface area contributed by atoms with Crippen LogP contribution in [0.4, 0.5) is 0 Å². The number of hydrogen-bond acceptors (Lipinski definition) is 7. The zero-order valence-corrected chi connectivity index (χ0v) is 28.9. The van der Waals surface area contributed by atoms with Gasteiger partial charge in [-0.25, -0.2) is 0 Å². The number of hydrogen-bond donors (Lipinski definition) is 0. The van der Waals surface area contributed by atoms with Crippen molar-refractivity contribution in [3.63, 3.8) is 0 Å². The number of rotatable bonds is 18. The van der Waals surface area contributed by atoms with E-state index in [0.717, 1.165) is 66.7 Å². The molecule has 0 bridgehead atoms. The van der Waals surface area contributed by atoms with Crippen LogP contribution in [0.5, 0.6) is 0 Å². The lowest BCUT2D eigenvalue weighted by Crippen LogP contribution is -2.56. The molecule has 0 amide bonds. The van der Waals surface area contributed by atoms with E-state index < -0.39 is 24.4 Å². The van der Waals surface area contributed by atoms with Gasteiger partial charge in [-0.1, -0.05) is 121 Å². The van der Waals surface area contributed by atoms with Crippen molar-refractivity contribution in [2.75, 3.05) is 19.8 Å². The molecular weight excluding hydrogens is 628 g/mol. The molecule has 50 heavy (non-hydrogen) atoms. The van der Waals surface area contributed by atoms with Crippen LogP contribution >= 0.6 is 0 Å². The predicted octanol–water partition coefficient (Wildman–Crippen LogP) is 8.57. The quantitative estimate of drug-likeness (QED) is 0.0978. The van der Waals surface area contributed by atoms with Crippen molar-refractivity contribution in [3.8, 4) is 0 Å². The average Bonchev–Trinajstić information content (AvgIpc) is 3.18. The maximum Gasteiger partial charge on any atom is 0.157 e. The highest BCUT2D eigenvalue weighted by molar-refractivity contribution is 5.18. The normalized spacial score (nSPS) is 23.0. The molecule has 2 heterocycles. The van der Waals surface area contributed by atoms with Crippen molar-refractivity contribution in [2.45, 2.75) is 89.2 Å². The van der Waals surface area contributed by atoms with Crippen LogP contribution in [0.1, 0.15) is 54.4 Å². The first kappa shape index (κ1) is 36.0. The van der Waals surface area contributed by atoms with E-state index in [0.29, 0.717) is 39.6 Å². The van der Waals surface area contributed by atoms with Crippen LogP contribution in [0.25, 0.3) is 0 Å². The minimum absolute atomic E-state index is 0.103. The summed E-state index contributed by atoms with van der Waals surface area (Å²) in [5.41, 5.74) is 4.32. The summed E-state index contributed by atoms with van der Waals surface area (Å²) in [5, 5.41) is 0. The number of unbranched alkanes of at least 4 members (excludes halogenated alkanes) is 1. The molecule has 2 aliphatic heterocycles. The van der Waals surface area contributed by atoms with E-state index in [2.05, 4.69) is 54.6 Å². The van der Waals surface area contributed by atoms with Crippen LogP contribution in [0.2, 0.25) is 0 Å². The Morgan fingerprint density at radius 3 is 1.68 bits per heavy atom. The highest BCUT2D eigenvalue weighted by atomic mass is 16.7. The third-order valence-electron chi connectivity index (χ3n) is 8.93. The van der Waals surface area contributed by atoms with E-state index in [9.17, 15) is 0 Å². The Bertz CT molecular complexity index is 1510. The van der Waals surface area contributed by atoms with E-state index in [1.165, 1.54) is 0 Å². The van der Waals surface area contributed by atoms with Gasteiger partial charge < -0.3 is 33.2 Å². The van der Waals surface area contributed by atoms with Crippen molar-refractivity contribution < 1.29 is 33.2 Å².